The molecule has 1 aromatic carbocycles. The van der Waals surface area contributed by atoms with Crippen molar-refractivity contribution >= 4 is 21.4 Å². The number of aromatic amines is 2. The maximum absolute atomic E-state index is 13.1. The van der Waals surface area contributed by atoms with Crippen molar-refractivity contribution in [1.82, 2.24) is 19.5 Å². The van der Waals surface area contributed by atoms with Gasteiger partial charge >= 0.3 is 5.69 Å². The van der Waals surface area contributed by atoms with Gasteiger partial charge < -0.3 is 15.0 Å². The topological polar surface area (TPSA) is 123 Å². The smallest absolute Gasteiger partial charge is 0.340 e. The fourth-order valence-electron chi connectivity index (χ4n) is 3.72. The van der Waals surface area contributed by atoms with Crippen molar-refractivity contribution in [2.75, 3.05) is 49.6 Å². The highest BCUT2D eigenvalue weighted by molar-refractivity contribution is 7.89. The highest BCUT2D eigenvalue weighted by atomic mass is 32.2. The number of H-pyrrole nitrogens is 2. The molecular formula is C18H26N6O4S. The number of sulfonamides is 1. The number of nitrogens with zero attached hydrogens (tertiary/aromatic N) is 3. The van der Waals surface area contributed by atoms with E-state index in [0.717, 1.165) is 38.0 Å². The molecule has 0 aliphatic carbocycles. The first-order chi connectivity index (χ1) is 14.0. The first-order valence-corrected chi connectivity index (χ1v) is 11.3. The highest BCUT2D eigenvalue weighted by Gasteiger charge is 2.27. The summed E-state index contributed by atoms with van der Waals surface area (Å²) in [5.74, 6) is 0.451. The van der Waals surface area contributed by atoms with Crippen LogP contribution in [-0.4, -0.2) is 67.3 Å². The third kappa shape index (κ3) is 4.46. The second-order valence-electron chi connectivity index (χ2n) is 7.22. The number of morpholine rings is 1. The normalized spacial score (nSPS) is 18.7. The molecule has 10 nitrogen and oxygen atoms in total. The van der Waals surface area contributed by atoms with Gasteiger partial charge in [0.2, 0.25) is 10.0 Å². The van der Waals surface area contributed by atoms with Crippen LogP contribution in [0.2, 0.25) is 0 Å². The fraction of sp³-hybridized carbons (Fsp3) is 0.556. The number of anilines is 2. The zero-order chi connectivity index (χ0) is 20.3. The van der Waals surface area contributed by atoms with Gasteiger partial charge in [-0.2, -0.15) is 9.40 Å². The van der Waals surface area contributed by atoms with Crippen LogP contribution < -0.4 is 15.9 Å². The van der Waals surface area contributed by atoms with E-state index in [1.165, 1.54) is 0 Å². The van der Waals surface area contributed by atoms with E-state index in [1.807, 2.05) is 6.07 Å². The maximum Gasteiger partial charge on any atom is 0.340 e. The van der Waals surface area contributed by atoms with E-state index in [2.05, 4.69) is 25.4 Å². The lowest BCUT2D eigenvalue weighted by atomic mass is 10.2. The van der Waals surface area contributed by atoms with Crippen molar-refractivity contribution in [1.29, 1.82) is 0 Å². The van der Waals surface area contributed by atoms with Gasteiger partial charge in [0.1, 0.15) is 5.82 Å². The molecule has 2 aliphatic heterocycles. The summed E-state index contributed by atoms with van der Waals surface area (Å²) in [6, 6.07) is 5.20. The molecule has 158 valence electrons. The zero-order valence-electron chi connectivity index (χ0n) is 16.2. The molecule has 0 spiro atoms. The van der Waals surface area contributed by atoms with Gasteiger partial charge in [-0.25, -0.2) is 18.3 Å². The number of hydrogen-bond acceptors (Lipinski definition) is 7. The third-order valence-corrected chi connectivity index (χ3v) is 7.16. The van der Waals surface area contributed by atoms with Gasteiger partial charge in [-0.15, -0.1) is 0 Å². The lowest BCUT2D eigenvalue weighted by Gasteiger charge is -2.31. The Hall–Kier alpha value is -2.37. The van der Waals surface area contributed by atoms with Gasteiger partial charge in [0.15, 0.2) is 0 Å². The average molecular weight is 423 g/mol. The Kier molecular flexibility index (Phi) is 5.88. The van der Waals surface area contributed by atoms with Gasteiger partial charge in [-0.05, 0) is 31.0 Å². The molecular weight excluding hydrogens is 396 g/mol. The van der Waals surface area contributed by atoms with Gasteiger partial charge in [-0.3, -0.25) is 4.98 Å². The Morgan fingerprint density at radius 3 is 2.55 bits per heavy atom. The Labute approximate surface area is 169 Å². The van der Waals surface area contributed by atoms with Crippen LogP contribution in [0.4, 0.5) is 11.4 Å². The summed E-state index contributed by atoms with van der Waals surface area (Å²) in [6.45, 7) is 4.09. The molecule has 0 amide bonds. The standard InChI is InChI=1S/C18H26N6O4S/c25-18-20-17(21-22-18)13-19-15-12-14(29(26,27)24-6-2-1-3-7-24)4-5-16(15)23-8-10-28-11-9-23/h4-5,12,19H,1-3,6-11,13H2,(H2,20,21,22,25). The van der Waals surface area contributed by atoms with Crippen molar-refractivity contribution in [3.05, 3.63) is 34.5 Å². The van der Waals surface area contributed by atoms with Crippen LogP contribution in [0.15, 0.2) is 27.9 Å². The Bertz CT molecular complexity index is 990. The van der Waals surface area contributed by atoms with E-state index in [1.54, 1.807) is 16.4 Å². The molecule has 2 fully saturated rings. The quantitative estimate of drug-likeness (QED) is 0.627. The molecule has 0 saturated carbocycles. The van der Waals surface area contributed by atoms with Crippen LogP contribution in [0.25, 0.3) is 0 Å². The Morgan fingerprint density at radius 2 is 1.86 bits per heavy atom. The minimum absolute atomic E-state index is 0.267. The predicted octanol–water partition coefficient (Wildman–Crippen LogP) is 0.721. The molecule has 2 saturated heterocycles. The number of rotatable bonds is 6. The zero-order valence-corrected chi connectivity index (χ0v) is 17.0. The van der Waals surface area contributed by atoms with E-state index in [0.29, 0.717) is 37.8 Å². The molecule has 4 rings (SSSR count). The molecule has 11 heteroatoms. The first kappa shape index (κ1) is 19.9. The fourth-order valence-corrected chi connectivity index (χ4v) is 5.26. The molecule has 29 heavy (non-hydrogen) atoms. The van der Waals surface area contributed by atoms with Crippen LogP contribution in [0, 0.1) is 0 Å². The molecule has 2 aromatic rings. The van der Waals surface area contributed by atoms with Crippen LogP contribution in [0.1, 0.15) is 25.1 Å². The number of nitrogens with one attached hydrogen (secondary N) is 3. The summed E-state index contributed by atoms with van der Waals surface area (Å²) in [6.07, 6.45) is 2.85. The predicted molar refractivity (Wildman–Crippen MR) is 109 cm³/mol. The van der Waals surface area contributed by atoms with Crippen molar-refractivity contribution in [2.45, 2.75) is 30.7 Å². The van der Waals surface area contributed by atoms with E-state index in [4.69, 9.17) is 4.74 Å². The van der Waals surface area contributed by atoms with Gasteiger partial charge in [0.05, 0.1) is 36.0 Å². The van der Waals surface area contributed by atoms with Crippen molar-refractivity contribution < 1.29 is 13.2 Å². The summed E-state index contributed by atoms with van der Waals surface area (Å²) >= 11 is 0. The van der Waals surface area contributed by atoms with E-state index >= 15 is 0 Å². The Balaban J connectivity index is 1.63. The van der Waals surface area contributed by atoms with E-state index in [-0.39, 0.29) is 17.1 Å². The van der Waals surface area contributed by atoms with Crippen LogP contribution >= 0.6 is 0 Å². The molecule has 2 aliphatic rings. The minimum Gasteiger partial charge on any atom is -0.378 e. The molecule has 1 aromatic heterocycles. The van der Waals surface area contributed by atoms with Crippen LogP contribution in [-0.2, 0) is 21.3 Å². The van der Waals surface area contributed by atoms with Crippen molar-refractivity contribution in [2.24, 2.45) is 0 Å². The molecule has 0 bridgehead atoms. The van der Waals surface area contributed by atoms with Gasteiger partial charge in [-0.1, -0.05) is 6.42 Å². The monoisotopic (exact) mass is 422 g/mol. The number of ether oxygens (including phenoxy) is 1. The molecule has 0 unspecified atom stereocenters. The minimum atomic E-state index is -3.54. The largest absolute Gasteiger partial charge is 0.378 e. The third-order valence-electron chi connectivity index (χ3n) is 5.27. The van der Waals surface area contributed by atoms with E-state index in [9.17, 15) is 13.2 Å². The lowest BCUT2D eigenvalue weighted by molar-refractivity contribution is 0.123. The number of aromatic nitrogens is 3. The summed E-state index contributed by atoms with van der Waals surface area (Å²) in [7, 11) is -3.54. The average Bonchev–Trinajstić information content (AvgIpc) is 3.18. The summed E-state index contributed by atoms with van der Waals surface area (Å²) < 4.78 is 33.2. The molecule has 3 N–H and O–H groups in total. The van der Waals surface area contributed by atoms with Crippen LogP contribution in [0.5, 0.6) is 0 Å². The molecule has 3 heterocycles. The summed E-state index contributed by atoms with van der Waals surface area (Å²) in [5, 5.41) is 9.47. The first-order valence-electron chi connectivity index (χ1n) is 9.88. The van der Waals surface area contributed by atoms with E-state index < -0.39 is 10.0 Å². The van der Waals surface area contributed by atoms with Crippen molar-refractivity contribution in [3.8, 4) is 0 Å². The maximum atomic E-state index is 13.1. The second kappa shape index (κ2) is 8.56. The SMILES string of the molecule is O=c1[nH]nc(CNc2cc(S(=O)(=O)N3CCCCC3)ccc2N2CCOCC2)[nH]1. The molecule has 0 radical (unpaired) electrons. The summed E-state index contributed by atoms with van der Waals surface area (Å²) in [5.41, 5.74) is 1.22. The van der Waals surface area contributed by atoms with Gasteiger partial charge in [0, 0.05) is 26.2 Å². The number of piperidine rings is 1. The highest BCUT2D eigenvalue weighted by Crippen LogP contribution is 2.31. The summed E-state index contributed by atoms with van der Waals surface area (Å²) in [4.78, 5) is 16.3. The lowest BCUT2D eigenvalue weighted by Crippen LogP contribution is -2.37. The Morgan fingerprint density at radius 1 is 1.10 bits per heavy atom. The second-order valence-corrected chi connectivity index (χ2v) is 9.16. The van der Waals surface area contributed by atoms with Crippen LogP contribution in [0.3, 0.4) is 0 Å². The van der Waals surface area contributed by atoms with Gasteiger partial charge in [0.25, 0.3) is 0 Å². The molecule has 0 atom stereocenters. The number of hydrogen-bond donors (Lipinski definition) is 3. The number of benzene rings is 1. The van der Waals surface area contributed by atoms with Crippen molar-refractivity contribution in [3.63, 3.8) is 0 Å².